The molecule has 4 heteroatoms. The molecule has 1 aliphatic heterocycles. The fourth-order valence-corrected chi connectivity index (χ4v) is 3.00. The van der Waals surface area contributed by atoms with E-state index in [4.69, 9.17) is 5.73 Å². The Kier molecular flexibility index (Phi) is 5.59. The van der Waals surface area contributed by atoms with Gasteiger partial charge in [-0.1, -0.05) is 30.7 Å². The number of aryl methyl sites for hydroxylation is 1. The Balaban J connectivity index is 1.94. The number of nitrogens with zero attached hydrogens (tertiary/aromatic N) is 1. The van der Waals surface area contributed by atoms with Crippen molar-refractivity contribution in [2.24, 2.45) is 5.73 Å². The van der Waals surface area contributed by atoms with Crippen molar-refractivity contribution < 1.29 is 9.90 Å². The van der Waals surface area contributed by atoms with Crippen molar-refractivity contribution in [1.29, 1.82) is 0 Å². The number of rotatable bonds is 6. The zero-order valence-electron chi connectivity index (χ0n) is 13.7. The van der Waals surface area contributed by atoms with Crippen molar-refractivity contribution >= 4 is 5.91 Å². The van der Waals surface area contributed by atoms with E-state index in [1.54, 1.807) is 0 Å². The first-order chi connectivity index (χ1) is 10.3. The van der Waals surface area contributed by atoms with Crippen molar-refractivity contribution in [3.63, 3.8) is 0 Å². The quantitative estimate of drug-likeness (QED) is 0.847. The lowest BCUT2D eigenvalue weighted by atomic mass is 9.97. The van der Waals surface area contributed by atoms with Gasteiger partial charge < -0.3 is 10.8 Å². The van der Waals surface area contributed by atoms with Crippen LogP contribution in [0.4, 0.5) is 0 Å². The predicted octanol–water partition coefficient (Wildman–Crippen LogP) is 2.23. The van der Waals surface area contributed by atoms with E-state index in [0.717, 1.165) is 45.2 Å². The Hall–Kier alpha value is -1.39. The van der Waals surface area contributed by atoms with Gasteiger partial charge >= 0.3 is 0 Å². The SMILES string of the molecule is CC(C)(O)CCc1ccc(CN2CCCCC2C(N)=O)cc1. The van der Waals surface area contributed by atoms with E-state index < -0.39 is 5.60 Å². The summed E-state index contributed by atoms with van der Waals surface area (Å²) in [5, 5.41) is 9.78. The summed E-state index contributed by atoms with van der Waals surface area (Å²) in [6.07, 6.45) is 4.71. The Labute approximate surface area is 133 Å². The highest BCUT2D eigenvalue weighted by molar-refractivity contribution is 5.79. The van der Waals surface area contributed by atoms with E-state index in [0.29, 0.717) is 0 Å². The summed E-state index contributed by atoms with van der Waals surface area (Å²) >= 11 is 0. The summed E-state index contributed by atoms with van der Waals surface area (Å²) in [4.78, 5) is 13.7. The molecule has 1 atom stereocenters. The van der Waals surface area contributed by atoms with Gasteiger partial charge in [0.05, 0.1) is 11.6 Å². The molecule has 1 heterocycles. The van der Waals surface area contributed by atoms with E-state index in [1.165, 1.54) is 11.1 Å². The zero-order chi connectivity index (χ0) is 16.2. The second kappa shape index (κ2) is 7.25. The first-order valence-electron chi connectivity index (χ1n) is 8.19. The molecule has 0 bridgehead atoms. The van der Waals surface area contributed by atoms with Crippen molar-refractivity contribution in [3.8, 4) is 0 Å². The van der Waals surface area contributed by atoms with Crippen LogP contribution in [0, 0.1) is 0 Å². The average Bonchev–Trinajstić information content (AvgIpc) is 2.46. The number of hydrogen-bond donors (Lipinski definition) is 2. The van der Waals surface area contributed by atoms with Gasteiger partial charge in [0.25, 0.3) is 0 Å². The van der Waals surface area contributed by atoms with Crippen LogP contribution in [-0.4, -0.2) is 34.1 Å². The van der Waals surface area contributed by atoms with Gasteiger partial charge in [-0.3, -0.25) is 9.69 Å². The smallest absolute Gasteiger partial charge is 0.234 e. The maximum Gasteiger partial charge on any atom is 0.234 e. The van der Waals surface area contributed by atoms with E-state index in [-0.39, 0.29) is 11.9 Å². The van der Waals surface area contributed by atoms with Gasteiger partial charge in [-0.2, -0.15) is 0 Å². The van der Waals surface area contributed by atoms with Crippen LogP contribution in [0.15, 0.2) is 24.3 Å². The Morgan fingerprint density at radius 2 is 1.91 bits per heavy atom. The van der Waals surface area contributed by atoms with Gasteiger partial charge in [0.1, 0.15) is 0 Å². The molecule has 0 saturated carbocycles. The summed E-state index contributed by atoms with van der Waals surface area (Å²) in [7, 11) is 0. The molecule has 4 nitrogen and oxygen atoms in total. The maximum atomic E-state index is 11.5. The summed E-state index contributed by atoms with van der Waals surface area (Å²) in [5.41, 5.74) is 7.33. The topological polar surface area (TPSA) is 66.6 Å². The van der Waals surface area contributed by atoms with Gasteiger partial charge in [0.2, 0.25) is 5.91 Å². The largest absolute Gasteiger partial charge is 0.390 e. The first-order valence-corrected chi connectivity index (χ1v) is 8.19. The fraction of sp³-hybridized carbons (Fsp3) is 0.611. The standard InChI is InChI=1S/C18H28N2O2/c1-18(2,22)11-10-14-6-8-15(9-7-14)13-20-12-4-3-5-16(20)17(19)21/h6-9,16,22H,3-5,10-13H2,1-2H3,(H2,19,21). The summed E-state index contributed by atoms with van der Waals surface area (Å²) in [6, 6.07) is 8.34. The number of primary amides is 1. The van der Waals surface area contributed by atoms with E-state index in [9.17, 15) is 9.90 Å². The van der Waals surface area contributed by atoms with Crippen LogP contribution in [0.5, 0.6) is 0 Å². The highest BCUT2D eigenvalue weighted by atomic mass is 16.3. The Morgan fingerprint density at radius 1 is 1.27 bits per heavy atom. The molecular weight excluding hydrogens is 276 g/mol. The van der Waals surface area contributed by atoms with Crippen molar-refractivity contribution in [2.45, 2.75) is 64.1 Å². The van der Waals surface area contributed by atoms with Crippen LogP contribution >= 0.6 is 0 Å². The molecule has 2 rings (SSSR count). The molecule has 3 N–H and O–H groups in total. The van der Waals surface area contributed by atoms with Crippen molar-refractivity contribution in [2.75, 3.05) is 6.54 Å². The number of likely N-dealkylation sites (tertiary alicyclic amines) is 1. The van der Waals surface area contributed by atoms with Gasteiger partial charge in [-0.25, -0.2) is 0 Å². The molecule has 1 aromatic carbocycles. The van der Waals surface area contributed by atoms with Crippen LogP contribution in [-0.2, 0) is 17.8 Å². The third kappa shape index (κ3) is 5.11. The molecule has 1 saturated heterocycles. The lowest BCUT2D eigenvalue weighted by molar-refractivity contribution is -0.124. The van der Waals surface area contributed by atoms with Gasteiger partial charge in [-0.05, 0) is 57.2 Å². The first kappa shape index (κ1) is 17.0. The lowest BCUT2D eigenvalue weighted by Crippen LogP contribution is -2.47. The van der Waals surface area contributed by atoms with Gasteiger partial charge in [0.15, 0.2) is 0 Å². The monoisotopic (exact) mass is 304 g/mol. The number of amides is 1. The van der Waals surface area contributed by atoms with E-state index in [2.05, 4.69) is 29.2 Å². The van der Waals surface area contributed by atoms with Gasteiger partial charge in [-0.15, -0.1) is 0 Å². The second-order valence-corrected chi connectivity index (χ2v) is 7.01. The molecule has 1 aliphatic rings. The number of benzene rings is 1. The summed E-state index contributed by atoms with van der Waals surface area (Å²) in [6.45, 7) is 5.39. The molecule has 0 aliphatic carbocycles. The highest BCUT2D eigenvalue weighted by Gasteiger charge is 2.26. The van der Waals surface area contributed by atoms with Crippen LogP contribution in [0.2, 0.25) is 0 Å². The second-order valence-electron chi connectivity index (χ2n) is 7.01. The minimum absolute atomic E-state index is 0.122. The molecule has 1 unspecified atom stereocenters. The number of piperidine rings is 1. The molecule has 0 spiro atoms. The van der Waals surface area contributed by atoms with Crippen LogP contribution < -0.4 is 5.73 Å². The minimum Gasteiger partial charge on any atom is -0.390 e. The molecule has 0 radical (unpaired) electrons. The number of aliphatic hydroxyl groups is 1. The number of hydrogen-bond acceptors (Lipinski definition) is 3. The molecule has 22 heavy (non-hydrogen) atoms. The van der Waals surface area contributed by atoms with E-state index >= 15 is 0 Å². The molecule has 1 amide bonds. The number of nitrogens with two attached hydrogens (primary N) is 1. The predicted molar refractivity (Wildman–Crippen MR) is 88.3 cm³/mol. The number of carbonyl (C=O) groups excluding carboxylic acids is 1. The van der Waals surface area contributed by atoms with Crippen LogP contribution in [0.1, 0.15) is 50.7 Å². The molecule has 1 fully saturated rings. The third-order valence-corrected chi connectivity index (χ3v) is 4.38. The fourth-order valence-electron chi connectivity index (χ4n) is 3.00. The molecule has 122 valence electrons. The lowest BCUT2D eigenvalue weighted by Gasteiger charge is -2.33. The Morgan fingerprint density at radius 3 is 2.50 bits per heavy atom. The minimum atomic E-state index is -0.624. The highest BCUT2D eigenvalue weighted by Crippen LogP contribution is 2.20. The van der Waals surface area contributed by atoms with Crippen LogP contribution in [0.3, 0.4) is 0 Å². The number of carbonyl (C=O) groups is 1. The van der Waals surface area contributed by atoms with Crippen LogP contribution in [0.25, 0.3) is 0 Å². The molecule has 0 aromatic heterocycles. The van der Waals surface area contributed by atoms with Crippen molar-refractivity contribution in [1.82, 2.24) is 4.90 Å². The maximum absolute atomic E-state index is 11.5. The normalized spacial score (nSPS) is 20.0. The average molecular weight is 304 g/mol. The zero-order valence-corrected chi connectivity index (χ0v) is 13.7. The van der Waals surface area contributed by atoms with Crippen molar-refractivity contribution in [3.05, 3.63) is 35.4 Å². The van der Waals surface area contributed by atoms with E-state index in [1.807, 2.05) is 13.8 Å². The molecular formula is C18H28N2O2. The summed E-state index contributed by atoms with van der Waals surface area (Å²) in [5.74, 6) is -0.207. The summed E-state index contributed by atoms with van der Waals surface area (Å²) < 4.78 is 0. The molecule has 1 aromatic rings. The Bertz CT molecular complexity index is 491. The van der Waals surface area contributed by atoms with Gasteiger partial charge in [0, 0.05) is 6.54 Å². The third-order valence-electron chi connectivity index (χ3n) is 4.38.